The Bertz CT molecular complexity index is 902. The van der Waals surface area contributed by atoms with E-state index >= 15 is 0 Å². The second-order valence-corrected chi connectivity index (χ2v) is 6.29. The first-order chi connectivity index (χ1) is 13.7. The van der Waals surface area contributed by atoms with E-state index in [0.29, 0.717) is 13.1 Å². The number of rotatable bonds is 8. The Hall–Kier alpha value is -2.43. The summed E-state index contributed by atoms with van der Waals surface area (Å²) in [5.41, 5.74) is 1.90. The molecule has 156 valence electrons. The maximum Gasteiger partial charge on any atom is 0.191 e. The van der Waals surface area contributed by atoms with Gasteiger partial charge in [0.2, 0.25) is 0 Å². The lowest BCUT2D eigenvalue weighted by Crippen LogP contribution is -2.37. The van der Waals surface area contributed by atoms with Crippen LogP contribution in [0.25, 0.3) is 5.65 Å². The van der Waals surface area contributed by atoms with E-state index in [2.05, 4.69) is 61.7 Å². The van der Waals surface area contributed by atoms with Gasteiger partial charge in [-0.1, -0.05) is 12.1 Å². The topological polar surface area (TPSA) is 82.7 Å². The van der Waals surface area contributed by atoms with E-state index in [1.807, 2.05) is 41.9 Å². The van der Waals surface area contributed by atoms with Crippen molar-refractivity contribution < 1.29 is 0 Å². The number of pyridine rings is 2. The summed E-state index contributed by atoms with van der Waals surface area (Å²) in [4.78, 5) is 11.4. The molecular formula is C20H29IN8. The number of nitrogens with zero attached hydrogens (tertiary/aromatic N) is 6. The molecule has 0 radical (unpaired) electrons. The van der Waals surface area contributed by atoms with Crippen molar-refractivity contribution in [2.45, 2.75) is 33.9 Å². The van der Waals surface area contributed by atoms with E-state index in [4.69, 9.17) is 0 Å². The second-order valence-electron chi connectivity index (χ2n) is 6.29. The predicted molar refractivity (Wildman–Crippen MR) is 128 cm³/mol. The Morgan fingerprint density at radius 1 is 1.07 bits per heavy atom. The van der Waals surface area contributed by atoms with Crippen LogP contribution in [0.3, 0.4) is 0 Å². The summed E-state index contributed by atoms with van der Waals surface area (Å²) in [5.74, 6) is 2.58. The highest BCUT2D eigenvalue weighted by molar-refractivity contribution is 14.0. The van der Waals surface area contributed by atoms with E-state index in [9.17, 15) is 0 Å². The predicted octanol–water partition coefficient (Wildman–Crippen LogP) is 2.84. The third-order valence-electron chi connectivity index (χ3n) is 4.46. The minimum atomic E-state index is 0. The Balaban J connectivity index is 0.00000300. The van der Waals surface area contributed by atoms with Crippen LogP contribution in [0.15, 0.2) is 47.7 Å². The molecule has 0 aromatic carbocycles. The van der Waals surface area contributed by atoms with Crippen LogP contribution in [0.2, 0.25) is 0 Å². The van der Waals surface area contributed by atoms with Gasteiger partial charge in [-0.25, -0.2) is 9.98 Å². The molecule has 3 heterocycles. The zero-order valence-corrected chi connectivity index (χ0v) is 19.5. The summed E-state index contributed by atoms with van der Waals surface area (Å²) in [6.45, 7) is 10.1. The molecule has 0 amide bonds. The quantitative estimate of drug-likeness (QED) is 0.277. The van der Waals surface area contributed by atoms with Gasteiger partial charge < -0.3 is 15.5 Å². The summed E-state index contributed by atoms with van der Waals surface area (Å²) >= 11 is 0. The monoisotopic (exact) mass is 508 g/mol. The molecule has 9 heteroatoms. The van der Waals surface area contributed by atoms with Crippen LogP contribution in [0.1, 0.15) is 32.2 Å². The smallest absolute Gasteiger partial charge is 0.191 e. The van der Waals surface area contributed by atoms with Gasteiger partial charge in [-0.05, 0) is 44.5 Å². The first-order valence-corrected chi connectivity index (χ1v) is 9.75. The highest BCUT2D eigenvalue weighted by Gasteiger charge is 2.06. The Labute approximate surface area is 188 Å². The van der Waals surface area contributed by atoms with Crippen LogP contribution in [0, 0.1) is 0 Å². The highest BCUT2D eigenvalue weighted by atomic mass is 127. The SMILES string of the molecule is CCNC(=NCc1ccc(N(CC)CC)nc1)NCc1nnc2ccccn12.I. The van der Waals surface area contributed by atoms with E-state index in [1.165, 1.54) is 0 Å². The van der Waals surface area contributed by atoms with Crippen molar-refractivity contribution in [3.63, 3.8) is 0 Å². The number of guanidine groups is 1. The molecule has 0 aliphatic heterocycles. The fourth-order valence-corrected chi connectivity index (χ4v) is 2.93. The van der Waals surface area contributed by atoms with Crippen LogP contribution in [-0.2, 0) is 13.1 Å². The molecule has 0 saturated carbocycles. The molecule has 29 heavy (non-hydrogen) atoms. The third kappa shape index (κ3) is 6.02. The van der Waals surface area contributed by atoms with Crippen LogP contribution in [-0.4, -0.2) is 45.2 Å². The maximum absolute atomic E-state index is 4.66. The average molecular weight is 508 g/mol. The number of hydrogen-bond donors (Lipinski definition) is 2. The van der Waals surface area contributed by atoms with Gasteiger partial charge in [0.25, 0.3) is 0 Å². The van der Waals surface area contributed by atoms with E-state index in [0.717, 1.165) is 48.4 Å². The summed E-state index contributed by atoms with van der Waals surface area (Å²) in [5, 5.41) is 15.0. The van der Waals surface area contributed by atoms with Gasteiger partial charge in [0, 0.05) is 32.0 Å². The molecule has 0 spiro atoms. The van der Waals surface area contributed by atoms with Crippen LogP contribution in [0.4, 0.5) is 5.82 Å². The molecule has 0 bridgehead atoms. The number of halogens is 1. The third-order valence-corrected chi connectivity index (χ3v) is 4.46. The van der Waals surface area contributed by atoms with Crippen molar-refractivity contribution in [1.29, 1.82) is 0 Å². The number of anilines is 1. The molecule has 8 nitrogen and oxygen atoms in total. The molecule has 0 atom stereocenters. The van der Waals surface area contributed by atoms with Crippen molar-refractivity contribution in [3.05, 3.63) is 54.1 Å². The minimum Gasteiger partial charge on any atom is -0.357 e. The molecule has 3 aromatic rings. The molecule has 3 rings (SSSR count). The first kappa shape index (κ1) is 22.9. The van der Waals surface area contributed by atoms with Crippen LogP contribution >= 0.6 is 24.0 Å². The standard InChI is InChI=1S/C20H28N8.HI/c1-4-21-20(24-15-19-26-25-18-9-7-8-12-28(18)19)23-14-16-10-11-17(22-13-16)27(5-2)6-3;/h7-13H,4-6,14-15H2,1-3H3,(H2,21,23,24);1H. The summed E-state index contributed by atoms with van der Waals surface area (Å²) < 4.78 is 1.96. The molecule has 3 aromatic heterocycles. The number of nitrogens with one attached hydrogen (secondary N) is 2. The Morgan fingerprint density at radius 3 is 2.59 bits per heavy atom. The summed E-state index contributed by atoms with van der Waals surface area (Å²) in [6, 6.07) is 9.99. The van der Waals surface area contributed by atoms with Crippen LogP contribution < -0.4 is 15.5 Å². The molecule has 0 fully saturated rings. The van der Waals surface area contributed by atoms with E-state index in [1.54, 1.807) is 0 Å². The molecule has 0 aliphatic rings. The zero-order valence-electron chi connectivity index (χ0n) is 17.2. The largest absolute Gasteiger partial charge is 0.357 e. The maximum atomic E-state index is 4.66. The molecule has 0 unspecified atom stereocenters. The summed E-state index contributed by atoms with van der Waals surface area (Å²) in [6.07, 6.45) is 3.85. The number of aliphatic imine (C=N–C) groups is 1. The normalized spacial score (nSPS) is 11.2. The van der Waals surface area contributed by atoms with Gasteiger partial charge in [0.15, 0.2) is 17.4 Å². The van der Waals surface area contributed by atoms with Gasteiger partial charge in [0.1, 0.15) is 5.82 Å². The molecule has 2 N–H and O–H groups in total. The highest BCUT2D eigenvalue weighted by Crippen LogP contribution is 2.11. The van der Waals surface area contributed by atoms with Crippen molar-refractivity contribution >= 4 is 41.4 Å². The lowest BCUT2D eigenvalue weighted by molar-refractivity contribution is 0.765. The van der Waals surface area contributed by atoms with Gasteiger partial charge in [-0.2, -0.15) is 0 Å². The van der Waals surface area contributed by atoms with Crippen LogP contribution in [0.5, 0.6) is 0 Å². The van der Waals surface area contributed by atoms with Crippen molar-refractivity contribution in [2.24, 2.45) is 4.99 Å². The number of hydrogen-bond acceptors (Lipinski definition) is 5. The number of fused-ring (bicyclic) bond motifs is 1. The minimum absolute atomic E-state index is 0. The first-order valence-electron chi connectivity index (χ1n) is 9.75. The lowest BCUT2D eigenvalue weighted by Gasteiger charge is -2.19. The molecular weight excluding hydrogens is 479 g/mol. The fraction of sp³-hybridized carbons (Fsp3) is 0.400. The van der Waals surface area contributed by atoms with Crippen molar-refractivity contribution in [2.75, 3.05) is 24.5 Å². The Morgan fingerprint density at radius 2 is 1.90 bits per heavy atom. The molecule has 0 aliphatic carbocycles. The zero-order chi connectivity index (χ0) is 19.8. The van der Waals surface area contributed by atoms with Crippen molar-refractivity contribution in [1.82, 2.24) is 30.2 Å². The van der Waals surface area contributed by atoms with Gasteiger partial charge in [0.05, 0.1) is 13.1 Å². The Kier molecular flexibility index (Phi) is 9.10. The lowest BCUT2D eigenvalue weighted by atomic mass is 10.3. The average Bonchev–Trinajstić information content (AvgIpc) is 3.15. The fourth-order valence-electron chi connectivity index (χ4n) is 2.93. The van der Waals surface area contributed by atoms with Gasteiger partial charge >= 0.3 is 0 Å². The van der Waals surface area contributed by atoms with E-state index < -0.39 is 0 Å². The van der Waals surface area contributed by atoms with Crippen molar-refractivity contribution in [3.8, 4) is 0 Å². The van der Waals surface area contributed by atoms with Gasteiger partial charge in [-0.3, -0.25) is 4.40 Å². The van der Waals surface area contributed by atoms with Gasteiger partial charge in [-0.15, -0.1) is 34.2 Å². The summed E-state index contributed by atoms with van der Waals surface area (Å²) in [7, 11) is 0. The van der Waals surface area contributed by atoms with E-state index in [-0.39, 0.29) is 24.0 Å². The molecule has 0 saturated heterocycles. The second kappa shape index (κ2) is 11.5. The number of aromatic nitrogens is 4.